The van der Waals surface area contributed by atoms with E-state index in [0.717, 1.165) is 0 Å². The van der Waals surface area contributed by atoms with Crippen LogP contribution in [0.5, 0.6) is 17.2 Å². The van der Waals surface area contributed by atoms with E-state index < -0.39 is 24.2 Å². The standard InChI is InChI=1S/C29H26F3NO6/c1-4-25(28(35)36)38-21-7-5-6-18(14-21)16-33-17(2)26(27(34)19-8-10-20(37-3)11-9-19)23-13-12-22(15-24(23)33)39-29(30,31)32/h5-15,25H,4,16H2,1-3H3,(H,35,36)/p-1/t25-/m0/s1. The molecule has 4 aromatic rings. The lowest BCUT2D eigenvalue weighted by Crippen LogP contribution is -2.39. The SMILES string of the molecule is CC[C@H](Oc1cccc(Cn2c(C)c(C(=O)c3ccc(OC)cc3)c3ccc(OC(F)(F)F)cc32)c1)C(=O)[O-]. The van der Waals surface area contributed by atoms with E-state index in [0.29, 0.717) is 44.8 Å². The number of halogens is 3. The maximum absolute atomic E-state index is 13.6. The molecule has 1 aromatic heterocycles. The van der Waals surface area contributed by atoms with E-state index >= 15 is 0 Å². The minimum Gasteiger partial charge on any atom is -0.546 e. The zero-order chi connectivity index (χ0) is 28.3. The molecule has 204 valence electrons. The Morgan fingerprint density at radius 2 is 1.67 bits per heavy atom. The molecule has 10 heteroatoms. The van der Waals surface area contributed by atoms with Crippen LogP contribution in [0.15, 0.2) is 66.7 Å². The molecular formula is C29H25F3NO6-. The molecule has 0 bridgehead atoms. The van der Waals surface area contributed by atoms with E-state index in [4.69, 9.17) is 9.47 Å². The fraction of sp³-hybridized carbons (Fsp3) is 0.241. The fourth-order valence-electron chi connectivity index (χ4n) is 4.39. The number of methoxy groups -OCH3 is 1. The normalized spacial score (nSPS) is 12.3. The van der Waals surface area contributed by atoms with Gasteiger partial charge in [-0.3, -0.25) is 4.79 Å². The molecule has 7 nitrogen and oxygen atoms in total. The number of alkyl halides is 3. The Kier molecular flexibility index (Phi) is 7.85. The van der Waals surface area contributed by atoms with Crippen LogP contribution in [0.25, 0.3) is 10.9 Å². The van der Waals surface area contributed by atoms with Crippen molar-refractivity contribution in [2.24, 2.45) is 0 Å². The van der Waals surface area contributed by atoms with Gasteiger partial charge in [-0.1, -0.05) is 19.1 Å². The summed E-state index contributed by atoms with van der Waals surface area (Å²) in [6.07, 6.45) is -5.82. The topological polar surface area (TPSA) is 89.8 Å². The molecule has 0 amide bonds. The Morgan fingerprint density at radius 3 is 2.28 bits per heavy atom. The first-order valence-corrected chi connectivity index (χ1v) is 12.0. The maximum Gasteiger partial charge on any atom is 0.573 e. The number of aromatic nitrogens is 1. The van der Waals surface area contributed by atoms with E-state index in [1.54, 1.807) is 66.9 Å². The molecule has 1 atom stereocenters. The van der Waals surface area contributed by atoms with E-state index in [2.05, 4.69) is 4.74 Å². The molecule has 0 N–H and O–H groups in total. The summed E-state index contributed by atoms with van der Waals surface area (Å²) in [5.41, 5.74) is 2.29. The van der Waals surface area contributed by atoms with Gasteiger partial charge in [0.25, 0.3) is 0 Å². The van der Waals surface area contributed by atoms with E-state index in [1.165, 1.54) is 25.3 Å². The van der Waals surface area contributed by atoms with Crippen LogP contribution >= 0.6 is 0 Å². The first kappa shape index (κ1) is 27.6. The van der Waals surface area contributed by atoms with Gasteiger partial charge >= 0.3 is 6.36 Å². The van der Waals surface area contributed by atoms with Crippen molar-refractivity contribution in [2.45, 2.75) is 39.3 Å². The van der Waals surface area contributed by atoms with Gasteiger partial charge in [0.15, 0.2) is 5.78 Å². The Hall–Kier alpha value is -4.47. The molecule has 0 aliphatic heterocycles. The maximum atomic E-state index is 13.6. The third kappa shape index (κ3) is 6.17. The number of benzene rings is 3. The lowest BCUT2D eigenvalue weighted by molar-refractivity contribution is -0.313. The number of carboxylic acid groups (broad SMARTS) is 1. The molecule has 0 aliphatic carbocycles. The van der Waals surface area contributed by atoms with Gasteiger partial charge in [-0.05, 0) is 67.4 Å². The van der Waals surface area contributed by atoms with Gasteiger partial charge in [-0.25, -0.2) is 0 Å². The van der Waals surface area contributed by atoms with Gasteiger partial charge in [0.2, 0.25) is 0 Å². The van der Waals surface area contributed by atoms with Gasteiger partial charge in [0, 0.05) is 29.3 Å². The summed E-state index contributed by atoms with van der Waals surface area (Å²) < 4.78 is 55.4. The lowest BCUT2D eigenvalue weighted by Gasteiger charge is -2.19. The highest BCUT2D eigenvalue weighted by Crippen LogP contribution is 2.34. The van der Waals surface area contributed by atoms with E-state index in [1.807, 2.05) is 0 Å². The van der Waals surface area contributed by atoms with Crippen molar-refractivity contribution in [2.75, 3.05) is 7.11 Å². The summed E-state index contributed by atoms with van der Waals surface area (Å²) >= 11 is 0. The first-order chi connectivity index (χ1) is 18.5. The van der Waals surface area contributed by atoms with Gasteiger partial charge in [-0.15, -0.1) is 13.2 Å². The Balaban J connectivity index is 1.79. The number of nitrogens with zero attached hydrogens (tertiary/aromatic N) is 1. The second-order valence-electron chi connectivity index (χ2n) is 8.81. The van der Waals surface area contributed by atoms with Crippen LogP contribution in [0.3, 0.4) is 0 Å². The number of hydrogen-bond donors (Lipinski definition) is 0. The third-order valence-corrected chi connectivity index (χ3v) is 6.26. The molecule has 0 radical (unpaired) electrons. The molecule has 3 aromatic carbocycles. The third-order valence-electron chi connectivity index (χ3n) is 6.26. The molecule has 0 unspecified atom stereocenters. The van der Waals surface area contributed by atoms with E-state index in [9.17, 15) is 27.9 Å². The predicted octanol–water partition coefficient (Wildman–Crippen LogP) is 5.04. The number of rotatable bonds is 10. The molecule has 0 spiro atoms. The van der Waals surface area contributed by atoms with Crippen molar-refractivity contribution in [3.05, 3.63) is 89.1 Å². The van der Waals surface area contributed by atoms with Crippen molar-refractivity contribution < 1.29 is 42.1 Å². The molecule has 0 fully saturated rings. The van der Waals surface area contributed by atoms with Crippen molar-refractivity contribution in [1.29, 1.82) is 0 Å². The second-order valence-corrected chi connectivity index (χ2v) is 8.81. The number of fused-ring (bicyclic) bond motifs is 1. The summed E-state index contributed by atoms with van der Waals surface area (Å²) in [4.78, 5) is 24.9. The van der Waals surface area contributed by atoms with Crippen LogP contribution in [-0.2, 0) is 11.3 Å². The van der Waals surface area contributed by atoms with Crippen LogP contribution in [0.1, 0.15) is 40.5 Å². The van der Waals surface area contributed by atoms with Crippen molar-refractivity contribution >= 4 is 22.7 Å². The summed E-state index contributed by atoms with van der Waals surface area (Å²) in [7, 11) is 1.51. The average Bonchev–Trinajstić information content (AvgIpc) is 3.16. The Labute approximate surface area is 222 Å². The molecule has 1 heterocycles. The van der Waals surface area contributed by atoms with E-state index in [-0.39, 0.29) is 18.7 Å². The number of ketones is 1. The fourth-order valence-corrected chi connectivity index (χ4v) is 4.39. The number of ether oxygens (including phenoxy) is 3. The summed E-state index contributed by atoms with van der Waals surface area (Å²) in [6, 6.07) is 17.1. The van der Waals surface area contributed by atoms with Gasteiger partial charge in [0.1, 0.15) is 23.4 Å². The van der Waals surface area contributed by atoms with Gasteiger partial charge in [-0.2, -0.15) is 0 Å². The van der Waals surface area contributed by atoms with Gasteiger partial charge < -0.3 is 28.7 Å². The zero-order valence-electron chi connectivity index (χ0n) is 21.4. The van der Waals surface area contributed by atoms with Crippen LogP contribution < -0.4 is 19.3 Å². The molecule has 4 rings (SSSR count). The number of carbonyl (C=O) groups is 2. The number of hydrogen-bond acceptors (Lipinski definition) is 6. The lowest BCUT2D eigenvalue weighted by atomic mass is 10.0. The average molecular weight is 541 g/mol. The number of aliphatic carboxylic acids is 1. The van der Waals surface area contributed by atoms with Crippen molar-refractivity contribution in [3.63, 3.8) is 0 Å². The summed E-state index contributed by atoms with van der Waals surface area (Å²) in [6.45, 7) is 3.53. The Bertz CT molecular complexity index is 1510. The van der Waals surface area contributed by atoms with Crippen molar-refractivity contribution in [3.8, 4) is 17.2 Å². The largest absolute Gasteiger partial charge is 0.573 e. The van der Waals surface area contributed by atoms with Crippen LogP contribution in [0.2, 0.25) is 0 Å². The second kappa shape index (κ2) is 11.1. The molecule has 39 heavy (non-hydrogen) atoms. The first-order valence-electron chi connectivity index (χ1n) is 12.0. The van der Waals surface area contributed by atoms with Crippen LogP contribution in [-0.4, -0.2) is 35.9 Å². The van der Waals surface area contributed by atoms with Crippen molar-refractivity contribution in [1.82, 2.24) is 4.57 Å². The highest BCUT2D eigenvalue weighted by atomic mass is 19.4. The molecule has 0 saturated heterocycles. The summed E-state index contributed by atoms with van der Waals surface area (Å²) in [5.74, 6) is -1.19. The zero-order valence-corrected chi connectivity index (χ0v) is 21.4. The Morgan fingerprint density at radius 1 is 0.974 bits per heavy atom. The molecular weight excluding hydrogens is 515 g/mol. The number of carboxylic acids is 1. The molecule has 0 aliphatic rings. The minimum atomic E-state index is -4.89. The monoisotopic (exact) mass is 540 g/mol. The van der Waals surface area contributed by atoms with Crippen LogP contribution in [0.4, 0.5) is 13.2 Å². The smallest absolute Gasteiger partial charge is 0.546 e. The molecule has 0 saturated carbocycles. The minimum absolute atomic E-state index is 0.160. The van der Waals surface area contributed by atoms with Crippen LogP contribution in [0, 0.1) is 6.92 Å². The highest BCUT2D eigenvalue weighted by molar-refractivity contribution is 6.17. The number of carbonyl (C=O) groups excluding carboxylic acids is 2. The summed E-state index contributed by atoms with van der Waals surface area (Å²) in [5, 5.41) is 11.7. The highest BCUT2D eigenvalue weighted by Gasteiger charge is 2.32. The quantitative estimate of drug-likeness (QED) is 0.262. The van der Waals surface area contributed by atoms with Gasteiger partial charge in [0.05, 0.1) is 24.2 Å². The predicted molar refractivity (Wildman–Crippen MR) is 135 cm³/mol.